The Morgan fingerprint density at radius 2 is 0.757 bits per heavy atom. The molecule has 5 heteroatoms. The van der Waals surface area contributed by atoms with Crippen LogP contribution in [0.4, 0.5) is 0 Å². The van der Waals surface area contributed by atoms with Gasteiger partial charge in [-0.1, -0.05) is 224 Å². The van der Waals surface area contributed by atoms with Crippen molar-refractivity contribution in [3.8, 4) is 73.2 Å². The molecular weight excluding hydrogens is 901 g/mol. The van der Waals surface area contributed by atoms with Crippen molar-refractivity contribution in [1.29, 1.82) is 0 Å². The van der Waals surface area contributed by atoms with E-state index < -0.39 is 0 Å². The van der Waals surface area contributed by atoms with Crippen LogP contribution >= 0.6 is 0 Å². The monoisotopic (exact) mass is 942 g/mol. The average Bonchev–Trinajstić information content (AvgIpc) is 4.05. The lowest BCUT2D eigenvalue weighted by molar-refractivity contribution is 0.666. The lowest BCUT2D eigenvalue weighted by atomic mass is 9.92. The predicted molar refractivity (Wildman–Crippen MR) is 307 cm³/mol. The fraction of sp³-hybridized carbons (Fsp3) is 0. The van der Waals surface area contributed by atoms with Gasteiger partial charge in [0.2, 0.25) is 0 Å². The Bertz CT molecular complexity index is 4560. The second kappa shape index (κ2) is 16.8. The highest BCUT2D eigenvalue weighted by molar-refractivity contribution is 6.32. The maximum Gasteiger partial charge on any atom is 0.164 e. The molecule has 12 aromatic carbocycles. The number of fused-ring (bicyclic) bond motifs is 11. The number of aromatic nitrogens is 4. The molecule has 5 nitrogen and oxygen atoms in total. The third kappa shape index (κ3) is 6.68. The van der Waals surface area contributed by atoms with Gasteiger partial charge in [0.15, 0.2) is 23.1 Å². The minimum absolute atomic E-state index is 0.568. The Labute approximate surface area is 425 Å². The van der Waals surface area contributed by atoms with Crippen molar-refractivity contribution in [1.82, 2.24) is 19.5 Å². The Balaban J connectivity index is 1.00. The number of hydrogen-bond acceptors (Lipinski definition) is 4. The van der Waals surface area contributed by atoms with Crippen LogP contribution in [0, 0.1) is 0 Å². The van der Waals surface area contributed by atoms with Gasteiger partial charge in [-0.05, 0) is 96.0 Å². The molecule has 0 spiro atoms. The fourth-order valence-electron chi connectivity index (χ4n) is 11.4. The van der Waals surface area contributed by atoms with E-state index in [2.05, 4.69) is 247 Å². The number of benzene rings is 12. The summed E-state index contributed by atoms with van der Waals surface area (Å²) in [4.78, 5) is 15.8. The zero-order chi connectivity index (χ0) is 48.7. The summed E-state index contributed by atoms with van der Waals surface area (Å²) in [6.07, 6.45) is 0. The molecule has 3 aromatic heterocycles. The van der Waals surface area contributed by atoms with Gasteiger partial charge >= 0.3 is 0 Å². The fourth-order valence-corrected chi connectivity index (χ4v) is 11.4. The highest BCUT2D eigenvalue weighted by Crippen LogP contribution is 2.48. The molecule has 0 unspecified atom stereocenters. The van der Waals surface area contributed by atoms with Crippen molar-refractivity contribution in [3.63, 3.8) is 0 Å². The van der Waals surface area contributed by atoms with E-state index >= 15 is 0 Å². The first-order valence-electron chi connectivity index (χ1n) is 25.1. The van der Waals surface area contributed by atoms with Crippen molar-refractivity contribution in [3.05, 3.63) is 255 Å². The van der Waals surface area contributed by atoms with Crippen LogP contribution in [-0.2, 0) is 0 Å². The van der Waals surface area contributed by atoms with Crippen molar-refractivity contribution in [2.24, 2.45) is 0 Å². The molecule has 0 aliphatic carbocycles. The molecule has 3 heterocycles. The minimum atomic E-state index is 0.568. The van der Waals surface area contributed by atoms with E-state index in [9.17, 15) is 0 Å². The van der Waals surface area contributed by atoms with Gasteiger partial charge < -0.3 is 8.98 Å². The second-order valence-electron chi connectivity index (χ2n) is 19.0. The summed E-state index contributed by atoms with van der Waals surface area (Å²) in [6.45, 7) is 0. The zero-order valence-electron chi connectivity index (χ0n) is 39.9. The van der Waals surface area contributed by atoms with Gasteiger partial charge in [-0.3, -0.25) is 0 Å². The van der Waals surface area contributed by atoms with Gasteiger partial charge in [-0.15, -0.1) is 0 Å². The molecule has 0 atom stereocenters. The van der Waals surface area contributed by atoms with E-state index in [4.69, 9.17) is 19.4 Å². The largest absolute Gasteiger partial charge is 0.454 e. The van der Waals surface area contributed by atoms with E-state index in [1.54, 1.807) is 0 Å². The number of para-hydroxylation sites is 1. The molecule has 0 amide bonds. The first-order valence-corrected chi connectivity index (χ1v) is 25.1. The van der Waals surface area contributed by atoms with Crippen LogP contribution in [0.5, 0.6) is 0 Å². The Morgan fingerprint density at radius 1 is 0.284 bits per heavy atom. The van der Waals surface area contributed by atoms with Crippen molar-refractivity contribution < 1.29 is 4.42 Å². The quantitative estimate of drug-likeness (QED) is 0.160. The van der Waals surface area contributed by atoms with Crippen LogP contribution in [0.25, 0.3) is 149 Å². The molecule has 0 saturated carbocycles. The van der Waals surface area contributed by atoms with Crippen LogP contribution < -0.4 is 0 Å². The summed E-state index contributed by atoms with van der Waals surface area (Å²) < 4.78 is 9.66. The number of nitrogens with zero attached hydrogens (tertiary/aromatic N) is 4. The van der Waals surface area contributed by atoms with Crippen molar-refractivity contribution in [2.45, 2.75) is 0 Å². The third-order valence-corrected chi connectivity index (χ3v) is 14.8. The molecule has 0 bridgehead atoms. The average molecular weight is 943 g/mol. The van der Waals surface area contributed by atoms with Gasteiger partial charge in [0.1, 0.15) is 5.58 Å². The first kappa shape index (κ1) is 41.8. The maximum atomic E-state index is 7.21. The lowest BCUT2D eigenvalue weighted by Gasteiger charge is -2.13. The summed E-state index contributed by atoms with van der Waals surface area (Å²) in [5.41, 5.74) is 14.3. The standard InChI is InChI=1S/C69H42N4O/c1-4-18-43(19-5-1)45-34-37-48(38-35-45)67-70-68(50-39-36-44-20-10-11-25-49(44)40-50)72-69(71-67)56-31-17-33-62-63(56)55-30-16-32-59(66(55)74-62)73-60-41-57(46-21-6-2-7-22-46)51-26-12-14-28-53(51)64(60)65-54-29-15-13-27-52(54)58(42-61(65)73)47-23-8-3-9-24-47/h1-42H. The molecule has 0 fully saturated rings. The van der Waals surface area contributed by atoms with Gasteiger partial charge in [-0.2, -0.15) is 0 Å². The first-order chi connectivity index (χ1) is 36.7. The van der Waals surface area contributed by atoms with E-state index in [0.717, 1.165) is 88.4 Å². The highest BCUT2D eigenvalue weighted by Gasteiger charge is 2.25. The van der Waals surface area contributed by atoms with Crippen LogP contribution in [-0.4, -0.2) is 19.5 Å². The van der Waals surface area contributed by atoms with Gasteiger partial charge in [0.05, 0.1) is 16.7 Å². The van der Waals surface area contributed by atoms with Crippen LogP contribution in [0.2, 0.25) is 0 Å². The molecular formula is C69H42N4O. The van der Waals surface area contributed by atoms with Gasteiger partial charge in [-0.25, -0.2) is 15.0 Å². The summed E-state index contributed by atoms with van der Waals surface area (Å²) in [6, 6.07) is 90.5. The molecule has 0 saturated heterocycles. The zero-order valence-corrected chi connectivity index (χ0v) is 39.9. The van der Waals surface area contributed by atoms with Crippen molar-refractivity contribution >= 4 is 76.1 Å². The van der Waals surface area contributed by atoms with Gasteiger partial charge in [0, 0.05) is 38.2 Å². The van der Waals surface area contributed by atoms with Gasteiger partial charge in [0.25, 0.3) is 0 Å². The van der Waals surface area contributed by atoms with E-state index in [1.807, 2.05) is 12.1 Å². The van der Waals surface area contributed by atoms with Crippen molar-refractivity contribution in [2.75, 3.05) is 0 Å². The molecule has 0 aliphatic rings. The van der Waals surface area contributed by atoms with E-state index in [1.165, 1.54) is 43.4 Å². The second-order valence-corrected chi connectivity index (χ2v) is 19.0. The Morgan fingerprint density at radius 3 is 1.39 bits per heavy atom. The lowest BCUT2D eigenvalue weighted by Crippen LogP contribution is -2.00. The summed E-state index contributed by atoms with van der Waals surface area (Å²) in [5.74, 6) is 1.76. The summed E-state index contributed by atoms with van der Waals surface area (Å²) in [7, 11) is 0. The Hall–Kier alpha value is -9.97. The Kier molecular flexibility index (Phi) is 9.50. The summed E-state index contributed by atoms with van der Waals surface area (Å²) in [5, 5.41) is 11.4. The molecule has 344 valence electrons. The molecule has 0 radical (unpaired) electrons. The molecule has 15 aromatic rings. The van der Waals surface area contributed by atoms with Crippen LogP contribution in [0.3, 0.4) is 0 Å². The third-order valence-electron chi connectivity index (χ3n) is 14.8. The van der Waals surface area contributed by atoms with Crippen LogP contribution in [0.15, 0.2) is 259 Å². The number of furan rings is 1. The highest BCUT2D eigenvalue weighted by atomic mass is 16.3. The number of hydrogen-bond donors (Lipinski definition) is 0. The predicted octanol–water partition coefficient (Wildman–Crippen LogP) is 18.3. The topological polar surface area (TPSA) is 56.7 Å². The maximum absolute atomic E-state index is 7.21. The minimum Gasteiger partial charge on any atom is -0.454 e. The number of rotatable bonds is 7. The van der Waals surface area contributed by atoms with E-state index in [-0.39, 0.29) is 0 Å². The SMILES string of the molecule is c1ccc(-c2ccc(-c3nc(-c4ccc5ccccc5c4)nc(-c4cccc5oc6c(-n7c8cc(-c9ccccc9)c9ccccc9c8c8c9ccccc9c(-c9ccccc9)cc87)cccc6c45)n3)cc2)cc1. The normalized spacial score (nSPS) is 11.8. The molecule has 15 rings (SSSR count). The molecule has 0 N–H and O–H groups in total. The smallest absolute Gasteiger partial charge is 0.164 e. The molecule has 74 heavy (non-hydrogen) atoms. The molecule has 0 aliphatic heterocycles. The van der Waals surface area contributed by atoms with E-state index in [0.29, 0.717) is 17.5 Å². The summed E-state index contributed by atoms with van der Waals surface area (Å²) >= 11 is 0. The van der Waals surface area contributed by atoms with Crippen LogP contribution in [0.1, 0.15) is 0 Å².